The predicted molar refractivity (Wildman–Crippen MR) is 99.5 cm³/mol. The molecule has 1 N–H and O–H groups in total. The van der Waals surface area contributed by atoms with Crippen LogP contribution in [-0.2, 0) is 11.3 Å². The summed E-state index contributed by atoms with van der Waals surface area (Å²) in [7, 11) is 1.72. The zero-order valence-corrected chi connectivity index (χ0v) is 15.5. The van der Waals surface area contributed by atoms with Crippen molar-refractivity contribution in [3.8, 4) is 11.5 Å². The first kappa shape index (κ1) is 18.5. The molecular weight excluding hydrogens is 316 g/mol. The van der Waals surface area contributed by atoms with Gasteiger partial charge in [-0.15, -0.1) is 0 Å². The normalized spacial score (nSPS) is 19.2. The van der Waals surface area contributed by atoms with E-state index >= 15 is 0 Å². The van der Waals surface area contributed by atoms with Gasteiger partial charge in [0.2, 0.25) is 0 Å². The molecule has 0 aromatic heterocycles. The Morgan fingerprint density at radius 3 is 2.72 bits per heavy atom. The van der Waals surface area contributed by atoms with E-state index in [0.717, 1.165) is 70.3 Å². The summed E-state index contributed by atoms with van der Waals surface area (Å²) in [4.78, 5) is 2.48. The number of hydrogen-bond acceptors (Lipinski definition) is 5. The first-order valence-corrected chi connectivity index (χ1v) is 9.69. The molecule has 0 amide bonds. The molecule has 3 rings (SSSR count). The van der Waals surface area contributed by atoms with Crippen LogP contribution in [0.15, 0.2) is 18.2 Å². The molecule has 0 spiro atoms. The molecule has 0 unspecified atom stereocenters. The number of ether oxygens (including phenoxy) is 3. The van der Waals surface area contributed by atoms with Gasteiger partial charge in [0.1, 0.15) is 0 Å². The first-order valence-electron chi connectivity index (χ1n) is 9.69. The van der Waals surface area contributed by atoms with E-state index in [0.29, 0.717) is 6.10 Å². The number of nitrogens with zero attached hydrogens (tertiary/aromatic N) is 1. The molecule has 5 nitrogen and oxygen atoms in total. The molecule has 140 valence electrons. The topological polar surface area (TPSA) is 43.0 Å². The SMILES string of the molecule is COc1cc(CNCCCN2CCOCC2)ccc1OC1CCCC1. The lowest BCUT2D eigenvalue weighted by atomic mass is 10.2. The summed E-state index contributed by atoms with van der Waals surface area (Å²) in [5.74, 6) is 1.73. The van der Waals surface area contributed by atoms with Crippen LogP contribution in [0.1, 0.15) is 37.7 Å². The number of benzene rings is 1. The van der Waals surface area contributed by atoms with E-state index in [2.05, 4.69) is 28.4 Å². The second-order valence-electron chi connectivity index (χ2n) is 6.99. The predicted octanol–water partition coefficient (Wildman–Crippen LogP) is 2.83. The number of nitrogens with one attached hydrogen (secondary N) is 1. The quantitative estimate of drug-likeness (QED) is 0.695. The lowest BCUT2D eigenvalue weighted by Crippen LogP contribution is -2.37. The van der Waals surface area contributed by atoms with E-state index in [9.17, 15) is 0 Å². The third kappa shape index (κ3) is 5.87. The maximum atomic E-state index is 6.10. The molecule has 0 bridgehead atoms. The third-order valence-electron chi connectivity index (χ3n) is 5.08. The van der Waals surface area contributed by atoms with Crippen LogP contribution in [0.25, 0.3) is 0 Å². The van der Waals surface area contributed by atoms with Crippen molar-refractivity contribution in [1.29, 1.82) is 0 Å². The minimum absolute atomic E-state index is 0.359. The Morgan fingerprint density at radius 1 is 1.16 bits per heavy atom. The van der Waals surface area contributed by atoms with E-state index in [1.165, 1.54) is 24.8 Å². The summed E-state index contributed by atoms with van der Waals surface area (Å²) >= 11 is 0. The van der Waals surface area contributed by atoms with Gasteiger partial charge in [0.05, 0.1) is 26.4 Å². The summed E-state index contributed by atoms with van der Waals surface area (Å²) in [5, 5.41) is 3.53. The molecule has 0 radical (unpaired) electrons. The molecule has 1 aliphatic heterocycles. The summed E-state index contributed by atoms with van der Waals surface area (Å²) in [5.41, 5.74) is 1.24. The third-order valence-corrected chi connectivity index (χ3v) is 5.08. The standard InChI is InChI=1S/C20H32N2O3/c1-23-20-15-17(7-8-19(20)25-18-5-2-3-6-18)16-21-9-4-10-22-11-13-24-14-12-22/h7-8,15,18,21H,2-6,9-14,16H2,1H3. The van der Waals surface area contributed by atoms with Gasteiger partial charge in [-0.3, -0.25) is 4.90 Å². The van der Waals surface area contributed by atoms with Gasteiger partial charge >= 0.3 is 0 Å². The Morgan fingerprint density at radius 2 is 1.96 bits per heavy atom. The van der Waals surface area contributed by atoms with Crippen LogP contribution in [0.2, 0.25) is 0 Å². The van der Waals surface area contributed by atoms with E-state index in [1.54, 1.807) is 7.11 Å². The number of hydrogen-bond donors (Lipinski definition) is 1. The van der Waals surface area contributed by atoms with Crippen molar-refractivity contribution in [3.63, 3.8) is 0 Å². The molecule has 1 aromatic carbocycles. The Kier molecular flexibility index (Phi) is 7.39. The van der Waals surface area contributed by atoms with Crippen LogP contribution < -0.4 is 14.8 Å². The van der Waals surface area contributed by atoms with E-state index in [-0.39, 0.29) is 0 Å². The molecule has 1 aliphatic carbocycles. The smallest absolute Gasteiger partial charge is 0.161 e. The van der Waals surface area contributed by atoms with Gasteiger partial charge in [-0.05, 0) is 62.9 Å². The van der Waals surface area contributed by atoms with Crippen LogP contribution >= 0.6 is 0 Å². The Balaban J connectivity index is 1.39. The summed E-state index contributed by atoms with van der Waals surface area (Å²) in [6, 6.07) is 6.29. The minimum atomic E-state index is 0.359. The minimum Gasteiger partial charge on any atom is -0.493 e. The Labute approximate surface area is 151 Å². The molecule has 2 fully saturated rings. The number of morpholine rings is 1. The second-order valence-corrected chi connectivity index (χ2v) is 6.99. The molecular formula is C20H32N2O3. The average Bonchev–Trinajstić information content (AvgIpc) is 3.16. The van der Waals surface area contributed by atoms with Gasteiger partial charge in [-0.1, -0.05) is 6.07 Å². The van der Waals surface area contributed by atoms with Gasteiger partial charge in [-0.25, -0.2) is 0 Å². The molecule has 1 saturated heterocycles. The molecule has 5 heteroatoms. The fourth-order valence-electron chi connectivity index (χ4n) is 3.59. The highest BCUT2D eigenvalue weighted by Crippen LogP contribution is 2.32. The maximum Gasteiger partial charge on any atom is 0.161 e. The molecule has 1 heterocycles. The number of rotatable bonds is 9. The van der Waals surface area contributed by atoms with E-state index < -0.39 is 0 Å². The first-order chi connectivity index (χ1) is 12.3. The van der Waals surface area contributed by atoms with Gasteiger partial charge in [0.15, 0.2) is 11.5 Å². The van der Waals surface area contributed by atoms with Crippen molar-refractivity contribution >= 4 is 0 Å². The van der Waals surface area contributed by atoms with Gasteiger partial charge in [0.25, 0.3) is 0 Å². The van der Waals surface area contributed by atoms with Gasteiger partial charge in [-0.2, -0.15) is 0 Å². The largest absolute Gasteiger partial charge is 0.493 e. The highest BCUT2D eigenvalue weighted by molar-refractivity contribution is 5.43. The van der Waals surface area contributed by atoms with Crippen molar-refractivity contribution in [2.24, 2.45) is 0 Å². The highest BCUT2D eigenvalue weighted by Gasteiger charge is 2.18. The van der Waals surface area contributed by atoms with Crippen molar-refractivity contribution in [3.05, 3.63) is 23.8 Å². The summed E-state index contributed by atoms with van der Waals surface area (Å²) in [6.45, 7) is 6.93. The van der Waals surface area contributed by atoms with Gasteiger partial charge in [0, 0.05) is 19.6 Å². The number of methoxy groups -OCH3 is 1. The lowest BCUT2D eigenvalue weighted by molar-refractivity contribution is 0.0374. The van der Waals surface area contributed by atoms with Gasteiger partial charge < -0.3 is 19.5 Å². The zero-order valence-electron chi connectivity index (χ0n) is 15.5. The molecule has 0 atom stereocenters. The van der Waals surface area contributed by atoms with Crippen LogP contribution in [-0.4, -0.2) is 57.5 Å². The van der Waals surface area contributed by atoms with Crippen molar-refractivity contribution in [2.45, 2.75) is 44.8 Å². The summed E-state index contributed by atoms with van der Waals surface area (Å²) < 4.78 is 17.0. The van der Waals surface area contributed by atoms with Crippen LogP contribution in [0, 0.1) is 0 Å². The van der Waals surface area contributed by atoms with Crippen LogP contribution in [0.3, 0.4) is 0 Å². The van der Waals surface area contributed by atoms with E-state index in [4.69, 9.17) is 14.2 Å². The monoisotopic (exact) mass is 348 g/mol. The molecule has 2 aliphatic rings. The van der Waals surface area contributed by atoms with Crippen molar-refractivity contribution < 1.29 is 14.2 Å². The molecule has 1 saturated carbocycles. The van der Waals surface area contributed by atoms with Crippen LogP contribution in [0.5, 0.6) is 11.5 Å². The van der Waals surface area contributed by atoms with E-state index in [1.807, 2.05) is 0 Å². The second kappa shape index (κ2) is 10.00. The summed E-state index contributed by atoms with van der Waals surface area (Å²) in [6.07, 6.45) is 6.41. The Hall–Kier alpha value is -1.30. The lowest BCUT2D eigenvalue weighted by Gasteiger charge is -2.26. The highest BCUT2D eigenvalue weighted by atomic mass is 16.5. The Bertz CT molecular complexity index is 512. The maximum absolute atomic E-state index is 6.10. The zero-order chi connectivity index (χ0) is 17.3. The van der Waals surface area contributed by atoms with Crippen LogP contribution in [0.4, 0.5) is 0 Å². The van der Waals surface area contributed by atoms with Crippen molar-refractivity contribution in [2.75, 3.05) is 46.5 Å². The fourth-order valence-corrected chi connectivity index (χ4v) is 3.59. The average molecular weight is 348 g/mol. The molecule has 25 heavy (non-hydrogen) atoms. The van der Waals surface area contributed by atoms with Crippen molar-refractivity contribution in [1.82, 2.24) is 10.2 Å². The fraction of sp³-hybridized carbons (Fsp3) is 0.700. The molecule has 1 aromatic rings.